The van der Waals surface area contributed by atoms with E-state index in [4.69, 9.17) is 4.74 Å². The standard InChI is InChI=1S/C14H20BrF2N3O2/c1-18-14(19-6-3-7-21-2)20-9-10-8-11(15)4-5-12(10)22-13(16)17/h4-5,8,13H,3,6-7,9H2,1-2H3,(H2,18,19,20). The number of alkyl halides is 2. The highest BCUT2D eigenvalue weighted by molar-refractivity contribution is 9.10. The van der Waals surface area contributed by atoms with Crippen LogP contribution in [-0.4, -0.2) is 39.9 Å². The first-order valence-electron chi connectivity index (χ1n) is 6.73. The smallest absolute Gasteiger partial charge is 0.387 e. The molecule has 0 spiro atoms. The Hall–Kier alpha value is -1.41. The molecule has 0 heterocycles. The zero-order chi connectivity index (χ0) is 16.4. The van der Waals surface area contributed by atoms with Gasteiger partial charge in [-0.15, -0.1) is 0 Å². The molecule has 1 aromatic carbocycles. The first kappa shape index (κ1) is 18.6. The summed E-state index contributed by atoms with van der Waals surface area (Å²) in [4.78, 5) is 4.07. The second kappa shape index (κ2) is 10.3. The molecule has 0 atom stereocenters. The fraction of sp³-hybridized carbons (Fsp3) is 0.500. The number of methoxy groups -OCH3 is 1. The van der Waals surface area contributed by atoms with Crippen LogP contribution in [0.2, 0.25) is 0 Å². The van der Waals surface area contributed by atoms with Crippen molar-refractivity contribution in [1.29, 1.82) is 0 Å². The van der Waals surface area contributed by atoms with Crippen LogP contribution in [0.4, 0.5) is 8.78 Å². The van der Waals surface area contributed by atoms with Gasteiger partial charge in [0.1, 0.15) is 5.75 Å². The van der Waals surface area contributed by atoms with Gasteiger partial charge in [-0.1, -0.05) is 15.9 Å². The summed E-state index contributed by atoms with van der Waals surface area (Å²) in [5.74, 6) is 0.722. The van der Waals surface area contributed by atoms with E-state index in [-0.39, 0.29) is 5.75 Å². The van der Waals surface area contributed by atoms with Crippen LogP contribution in [0, 0.1) is 0 Å². The van der Waals surface area contributed by atoms with Crippen LogP contribution in [0.25, 0.3) is 0 Å². The van der Waals surface area contributed by atoms with Gasteiger partial charge in [0.2, 0.25) is 0 Å². The van der Waals surface area contributed by atoms with E-state index < -0.39 is 6.61 Å². The highest BCUT2D eigenvalue weighted by Gasteiger charge is 2.10. The number of guanidine groups is 1. The Kier molecular flexibility index (Phi) is 8.76. The van der Waals surface area contributed by atoms with Crippen molar-refractivity contribution in [2.75, 3.05) is 27.3 Å². The average Bonchev–Trinajstić information content (AvgIpc) is 2.48. The lowest BCUT2D eigenvalue weighted by Gasteiger charge is -2.15. The monoisotopic (exact) mass is 379 g/mol. The Morgan fingerprint density at radius 2 is 2.14 bits per heavy atom. The molecular formula is C14H20BrF2N3O2. The number of hydrogen-bond acceptors (Lipinski definition) is 3. The molecule has 0 radical (unpaired) electrons. The van der Waals surface area contributed by atoms with Crippen LogP contribution < -0.4 is 15.4 Å². The minimum atomic E-state index is -2.86. The number of benzene rings is 1. The lowest BCUT2D eigenvalue weighted by molar-refractivity contribution is -0.0504. The number of hydrogen-bond donors (Lipinski definition) is 2. The van der Waals surface area contributed by atoms with Crippen LogP contribution in [0.15, 0.2) is 27.7 Å². The Morgan fingerprint density at radius 3 is 2.77 bits per heavy atom. The molecule has 1 rings (SSSR count). The SMILES string of the molecule is CN=C(NCCCOC)NCc1cc(Br)ccc1OC(F)F. The molecule has 2 N–H and O–H groups in total. The Labute approximate surface area is 137 Å². The molecule has 0 saturated heterocycles. The molecule has 22 heavy (non-hydrogen) atoms. The quantitative estimate of drug-likeness (QED) is 0.414. The van der Waals surface area contributed by atoms with Crippen molar-refractivity contribution in [3.8, 4) is 5.75 Å². The number of aliphatic imine (C=N–C) groups is 1. The summed E-state index contributed by atoms with van der Waals surface area (Å²) in [6.07, 6.45) is 0.841. The highest BCUT2D eigenvalue weighted by Crippen LogP contribution is 2.24. The summed E-state index contributed by atoms with van der Waals surface area (Å²) >= 11 is 3.32. The predicted octanol–water partition coefficient (Wildman–Crippen LogP) is 2.75. The van der Waals surface area contributed by atoms with E-state index >= 15 is 0 Å². The summed E-state index contributed by atoms with van der Waals surface area (Å²) in [6, 6.07) is 4.88. The van der Waals surface area contributed by atoms with Gasteiger partial charge >= 0.3 is 6.61 Å². The Morgan fingerprint density at radius 1 is 1.36 bits per heavy atom. The van der Waals surface area contributed by atoms with Gasteiger partial charge in [0.25, 0.3) is 0 Å². The molecule has 0 fully saturated rings. The molecule has 0 aliphatic heterocycles. The van der Waals surface area contributed by atoms with Gasteiger partial charge in [0.15, 0.2) is 5.96 Å². The van der Waals surface area contributed by atoms with Gasteiger partial charge < -0.3 is 20.1 Å². The normalized spacial score (nSPS) is 11.6. The number of nitrogens with one attached hydrogen (secondary N) is 2. The van der Waals surface area contributed by atoms with Crippen LogP contribution in [0.3, 0.4) is 0 Å². The average molecular weight is 380 g/mol. The van der Waals surface area contributed by atoms with Crippen LogP contribution in [0.5, 0.6) is 5.75 Å². The van der Waals surface area contributed by atoms with Crippen molar-refractivity contribution in [2.24, 2.45) is 4.99 Å². The topological polar surface area (TPSA) is 54.9 Å². The maximum atomic E-state index is 12.4. The minimum absolute atomic E-state index is 0.139. The molecule has 0 amide bonds. The molecule has 0 aliphatic rings. The highest BCUT2D eigenvalue weighted by atomic mass is 79.9. The summed E-state index contributed by atoms with van der Waals surface area (Å²) in [5, 5.41) is 6.16. The molecule has 0 bridgehead atoms. The van der Waals surface area contributed by atoms with E-state index in [1.165, 1.54) is 6.07 Å². The molecule has 0 unspecified atom stereocenters. The zero-order valence-electron chi connectivity index (χ0n) is 12.5. The van der Waals surface area contributed by atoms with Gasteiger partial charge in [-0.2, -0.15) is 8.78 Å². The number of rotatable bonds is 8. The van der Waals surface area contributed by atoms with Crippen molar-refractivity contribution in [2.45, 2.75) is 19.6 Å². The summed E-state index contributed by atoms with van der Waals surface area (Å²) < 4.78 is 35.1. The van der Waals surface area contributed by atoms with Crippen LogP contribution >= 0.6 is 15.9 Å². The third kappa shape index (κ3) is 7.04. The van der Waals surface area contributed by atoms with Crippen molar-refractivity contribution in [1.82, 2.24) is 10.6 Å². The summed E-state index contributed by atoms with van der Waals surface area (Å²) in [6.45, 7) is -1.19. The first-order chi connectivity index (χ1) is 10.6. The van der Waals surface area contributed by atoms with Crippen molar-refractivity contribution < 1.29 is 18.3 Å². The molecule has 124 valence electrons. The Balaban J connectivity index is 2.59. The fourth-order valence-electron chi connectivity index (χ4n) is 1.72. The van der Waals surface area contributed by atoms with Crippen molar-refractivity contribution in [3.05, 3.63) is 28.2 Å². The minimum Gasteiger partial charge on any atom is -0.434 e. The Bertz CT molecular complexity index is 487. The van der Waals surface area contributed by atoms with Gasteiger partial charge in [-0.25, -0.2) is 0 Å². The van der Waals surface area contributed by atoms with E-state index in [2.05, 4.69) is 36.3 Å². The molecule has 5 nitrogen and oxygen atoms in total. The second-order valence-electron chi connectivity index (χ2n) is 4.33. The number of halogens is 3. The summed E-state index contributed by atoms with van der Waals surface area (Å²) in [5.41, 5.74) is 0.606. The lowest BCUT2D eigenvalue weighted by atomic mass is 10.2. The maximum absolute atomic E-state index is 12.4. The molecule has 0 aromatic heterocycles. The van der Waals surface area contributed by atoms with E-state index in [0.717, 1.165) is 10.9 Å². The van der Waals surface area contributed by atoms with Gasteiger partial charge in [0, 0.05) is 43.9 Å². The van der Waals surface area contributed by atoms with Crippen LogP contribution in [0.1, 0.15) is 12.0 Å². The van der Waals surface area contributed by atoms with E-state index in [9.17, 15) is 8.78 Å². The molecule has 8 heteroatoms. The van der Waals surface area contributed by atoms with Crippen LogP contribution in [-0.2, 0) is 11.3 Å². The first-order valence-corrected chi connectivity index (χ1v) is 7.52. The van der Waals surface area contributed by atoms with E-state index in [0.29, 0.717) is 31.2 Å². The fourth-order valence-corrected chi connectivity index (χ4v) is 2.13. The van der Waals surface area contributed by atoms with Gasteiger partial charge in [-0.05, 0) is 24.6 Å². The molecular weight excluding hydrogens is 360 g/mol. The van der Waals surface area contributed by atoms with Gasteiger partial charge in [-0.3, -0.25) is 4.99 Å². The lowest BCUT2D eigenvalue weighted by Crippen LogP contribution is -2.37. The van der Waals surface area contributed by atoms with Crippen molar-refractivity contribution >= 4 is 21.9 Å². The predicted molar refractivity (Wildman–Crippen MR) is 85.5 cm³/mol. The third-order valence-corrected chi connectivity index (χ3v) is 3.22. The number of nitrogens with zero attached hydrogens (tertiary/aromatic N) is 1. The third-order valence-electron chi connectivity index (χ3n) is 2.73. The van der Waals surface area contributed by atoms with E-state index in [1.54, 1.807) is 26.3 Å². The van der Waals surface area contributed by atoms with E-state index in [1.807, 2.05) is 0 Å². The van der Waals surface area contributed by atoms with Gasteiger partial charge in [0.05, 0.1) is 0 Å². The maximum Gasteiger partial charge on any atom is 0.387 e. The summed E-state index contributed by atoms with van der Waals surface area (Å²) in [7, 11) is 3.29. The molecule has 0 aliphatic carbocycles. The largest absolute Gasteiger partial charge is 0.434 e. The second-order valence-corrected chi connectivity index (χ2v) is 5.25. The molecule has 1 aromatic rings. The van der Waals surface area contributed by atoms with Crippen molar-refractivity contribution in [3.63, 3.8) is 0 Å². The number of ether oxygens (including phenoxy) is 2. The zero-order valence-corrected chi connectivity index (χ0v) is 14.1. The molecule has 0 saturated carbocycles.